The summed E-state index contributed by atoms with van der Waals surface area (Å²) in [6, 6.07) is 9.50. The Bertz CT molecular complexity index is 1010. The van der Waals surface area contributed by atoms with Crippen molar-refractivity contribution in [1.29, 1.82) is 0 Å². The number of carbonyl (C=O) groups excluding carboxylic acids is 1. The van der Waals surface area contributed by atoms with Gasteiger partial charge in [0.15, 0.2) is 0 Å². The van der Waals surface area contributed by atoms with Crippen molar-refractivity contribution < 1.29 is 9.53 Å². The molecular weight excluding hydrogens is 398 g/mol. The quantitative estimate of drug-likeness (QED) is 0.570. The summed E-state index contributed by atoms with van der Waals surface area (Å²) in [5, 5.41) is 3.02. The van der Waals surface area contributed by atoms with E-state index in [1.54, 1.807) is 35.9 Å². The average Bonchev–Trinajstić information content (AvgIpc) is 3.22. The van der Waals surface area contributed by atoms with Crippen LogP contribution in [0.4, 0.5) is 5.95 Å². The maximum Gasteiger partial charge on any atom is 0.246 e. The number of benzene rings is 1. The lowest BCUT2D eigenvalue weighted by Gasteiger charge is -2.34. The van der Waals surface area contributed by atoms with Crippen LogP contribution in [-0.2, 0) is 11.4 Å². The Morgan fingerprint density at radius 2 is 1.90 bits per heavy atom. The summed E-state index contributed by atoms with van der Waals surface area (Å²) in [4.78, 5) is 29.6. The van der Waals surface area contributed by atoms with E-state index in [4.69, 9.17) is 4.74 Å². The highest BCUT2D eigenvalue weighted by atomic mass is 32.1. The molecule has 30 heavy (non-hydrogen) atoms. The van der Waals surface area contributed by atoms with Gasteiger partial charge in [0.1, 0.15) is 12.4 Å². The number of para-hydroxylation sites is 1. The van der Waals surface area contributed by atoms with E-state index >= 15 is 0 Å². The van der Waals surface area contributed by atoms with Crippen LogP contribution in [0.5, 0.6) is 5.75 Å². The van der Waals surface area contributed by atoms with Gasteiger partial charge in [-0.3, -0.25) is 4.79 Å². The maximum atomic E-state index is 12.6. The number of amides is 1. The second-order valence-electron chi connectivity index (χ2n) is 6.88. The van der Waals surface area contributed by atoms with Crippen LogP contribution in [0.25, 0.3) is 6.08 Å². The van der Waals surface area contributed by atoms with Gasteiger partial charge >= 0.3 is 0 Å². The molecule has 154 valence electrons. The molecule has 0 spiro atoms. The number of ether oxygens (including phenoxy) is 1. The lowest BCUT2D eigenvalue weighted by atomic mass is 10.2. The van der Waals surface area contributed by atoms with Crippen molar-refractivity contribution in [1.82, 2.24) is 19.9 Å². The third-order valence-electron chi connectivity index (χ3n) is 4.79. The van der Waals surface area contributed by atoms with Crippen LogP contribution in [0, 0.1) is 6.92 Å². The fourth-order valence-electron chi connectivity index (χ4n) is 3.22. The first kappa shape index (κ1) is 20.0. The highest BCUT2D eigenvalue weighted by molar-refractivity contribution is 7.09. The number of hydrogen-bond donors (Lipinski definition) is 0. The van der Waals surface area contributed by atoms with Crippen molar-refractivity contribution in [3.63, 3.8) is 0 Å². The molecule has 0 N–H and O–H groups in total. The Kier molecular flexibility index (Phi) is 6.34. The number of piperazine rings is 1. The first-order valence-corrected chi connectivity index (χ1v) is 10.7. The number of aromatic nitrogens is 3. The number of rotatable bonds is 6. The second-order valence-corrected chi connectivity index (χ2v) is 7.94. The topological polar surface area (TPSA) is 71.5 Å². The summed E-state index contributed by atoms with van der Waals surface area (Å²) in [5.41, 5.74) is 1.78. The minimum absolute atomic E-state index is 0.00596. The third kappa shape index (κ3) is 5.01. The predicted molar refractivity (Wildman–Crippen MR) is 117 cm³/mol. The molecule has 8 heteroatoms. The molecule has 3 aromatic rings. The SMILES string of the molecule is Cc1nc(COc2ccccc2C=CC(=O)N2CCN(c3ncccn3)CC2)cs1. The van der Waals surface area contributed by atoms with E-state index in [0.717, 1.165) is 35.1 Å². The van der Waals surface area contributed by atoms with Crippen LogP contribution in [0.15, 0.2) is 54.2 Å². The fraction of sp³-hybridized carbons (Fsp3) is 0.273. The number of aryl methyl sites for hydroxylation is 1. The molecule has 7 nitrogen and oxygen atoms in total. The minimum atomic E-state index is -0.00596. The number of thiazole rings is 1. The Hall–Kier alpha value is -3.26. The second kappa shape index (κ2) is 9.49. The summed E-state index contributed by atoms with van der Waals surface area (Å²) < 4.78 is 5.92. The lowest BCUT2D eigenvalue weighted by Crippen LogP contribution is -2.48. The average molecular weight is 422 g/mol. The predicted octanol–water partition coefficient (Wildman–Crippen LogP) is 3.18. The van der Waals surface area contributed by atoms with Crippen molar-refractivity contribution in [2.75, 3.05) is 31.1 Å². The van der Waals surface area contributed by atoms with Gasteiger partial charge in [-0.2, -0.15) is 0 Å². The van der Waals surface area contributed by atoms with Crippen LogP contribution in [-0.4, -0.2) is 51.9 Å². The summed E-state index contributed by atoms with van der Waals surface area (Å²) in [5.74, 6) is 1.44. The number of carbonyl (C=O) groups is 1. The third-order valence-corrected chi connectivity index (χ3v) is 5.62. The molecule has 1 aliphatic heterocycles. The zero-order chi connectivity index (χ0) is 20.8. The van der Waals surface area contributed by atoms with Gasteiger partial charge in [0.25, 0.3) is 0 Å². The number of hydrogen-bond acceptors (Lipinski definition) is 7. The molecule has 0 saturated carbocycles. The first-order chi connectivity index (χ1) is 14.7. The van der Waals surface area contributed by atoms with Crippen molar-refractivity contribution in [3.05, 3.63) is 70.4 Å². The number of nitrogens with zero attached hydrogens (tertiary/aromatic N) is 5. The molecular formula is C22H23N5O2S. The highest BCUT2D eigenvalue weighted by Gasteiger charge is 2.21. The molecule has 0 aliphatic carbocycles. The van der Waals surface area contributed by atoms with E-state index in [0.29, 0.717) is 25.6 Å². The van der Waals surface area contributed by atoms with E-state index in [-0.39, 0.29) is 5.91 Å². The van der Waals surface area contributed by atoms with Gasteiger partial charge < -0.3 is 14.5 Å². The molecule has 1 aromatic carbocycles. The summed E-state index contributed by atoms with van der Waals surface area (Å²) in [6.07, 6.45) is 6.90. The van der Waals surface area contributed by atoms with Crippen molar-refractivity contribution in [2.45, 2.75) is 13.5 Å². The van der Waals surface area contributed by atoms with E-state index < -0.39 is 0 Å². The Labute approximate surface area is 179 Å². The highest BCUT2D eigenvalue weighted by Crippen LogP contribution is 2.21. The standard InChI is InChI=1S/C22H23N5O2S/c1-17-25-19(16-30-17)15-29-20-6-3-2-5-18(20)7-8-21(28)26-11-13-27(14-12-26)22-23-9-4-10-24-22/h2-10,16H,11-15H2,1H3. The van der Waals surface area contributed by atoms with E-state index in [1.807, 2.05) is 47.5 Å². The van der Waals surface area contributed by atoms with Gasteiger partial charge in [-0.1, -0.05) is 18.2 Å². The molecule has 4 rings (SSSR count). The van der Waals surface area contributed by atoms with Gasteiger partial charge in [0.2, 0.25) is 11.9 Å². The Morgan fingerprint density at radius 1 is 1.13 bits per heavy atom. The molecule has 0 unspecified atom stereocenters. The smallest absolute Gasteiger partial charge is 0.246 e. The minimum Gasteiger partial charge on any atom is -0.487 e. The van der Waals surface area contributed by atoms with E-state index in [9.17, 15) is 4.79 Å². The summed E-state index contributed by atoms with van der Waals surface area (Å²) in [7, 11) is 0. The Balaban J connectivity index is 1.34. The lowest BCUT2D eigenvalue weighted by molar-refractivity contribution is -0.126. The van der Waals surface area contributed by atoms with Gasteiger partial charge in [-0.15, -0.1) is 11.3 Å². The molecule has 3 heterocycles. The summed E-state index contributed by atoms with van der Waals surface area (Å²) in [6.45, 7) is 5.11. The van der Waals surface area contributed by atoms with Crippen LogP contribution in [0.1, 0.15) is 16.3 Å². The van der Waals surface area contributed by atoms with Gasteiger partial charge in [-0.25, -0.2) is 15.0 Å². The monoisotopic (exact) mass is 421 g/mol. The molecule has 2 aromatic heterocycles. The summed E-state index contributed by atoms with van der Waals surface area (Å²) >= 11 is 1.61. The first-order valence-electron chi connectivity index (χ1n) is 9.81. The zero-order valence-corrected chi connectivity index (χ0v) is 17.6. The molecule has 0 bridgehead atoms. The van der Waals surface area contributed by atoms with Crippen LogP contribution < -0.4 is 9.64 Å². The molecule has 0 atom stereocenters. The fourth-order valence-corrected chi connectivity index (χ4v) is 3.82. The van der Waals surface area contributed by atoms with Crippen molar-refractivity contribution >= 4 is 29.3 Å². The van der Waals surface area contributed by atoms with Crippen molar-refractivity contribution in [3.8, 4) is 5.75 Å². The van der Waals surface area contributed by atoms with Crippen LogP contribution in [0.3, 0.4) is 0 Å². The van der Waals surface area contributed by atoms with Gasteiger partial charge in [-0.05, 0) is 25.1 Å². The zero-order valence-electron chi connectivity index (χ0n) is 16.8. The van der Waals surface area contributed by atoms with E-state index in [2.05, 4.69) is 19.9 Å². The molecule has 1 fully saturated rings. The normalized spacial score (nSPS) is 14.3. The maximum absolute atomic E-state index is 12.6. The van der Waals surface area contributed by atoms with Crippen LogP contribution >= 0.6 is 11.3 Å². The largest absolute Gasteiger partial charge is 0.487 e. The van der Waals surface area contributed by atoms with Gasteiger partial charge in [0.05, 0.1) is 10.7 Å². The van der Waals surface area contributed by atoms with Crippen molar-refractivity contribution in [2.24, 2.45) is 0 Å². The molecule has 1 saturated heterocycles. The molecule has 0 radical (unpaired) electrons. The number of anilines is 1. The van der Waals surface area contributed by atoms with Gasteiger partial charge in [0, 0.05) is 55.6 Å². The molecule has 1 amide bonds. The Morgan fingerprint density at radius 3 is 2.63 bits per heavy atom. The van der Waals surface area contributed by atoms with Crippen LogP contribution in [0.2, 0.25) is 0 Å². The molecule has 1 aliphatic rings. The van der Waals surface area contributed by atoms with E-state index in [1.165, 1.54) is 0 Å².